The standard InChI is InChI=1S/C13H10ClN3O3.C9H7NO6/c14-8-2-3-9-11(20-7-6-19-9)10(8)12(18)17-13-15-4-1-5-16-13;11-9(12)7-5(10(13)14)1-2-6-8(7)16-4-3-15-6/h1-5H,6-7H2,(H,15,16,17,18);1-2H,3-4H2,(H,11,12). The number of nitrogens with one attached hydrogen (secondary N) is 1. The minimum absolute atomic E-state index is 0.0760. The number of carbonyl (C=O) groups excluding carboxylic acids is 1. The molecule has 0 unspecified atom stereocenters. The smallest absolute Gasteiger partial charge is 0.346 e. The van der Waals surface area contributed by atoms with Crippen molar-refractivity contribution in [3.05, 3.63) is 69.0 Å². The van der Waals surface area contributed by atoms with Crippen LogP contribution in [0.25, 0.3) is 0 Å². The van der Waals surface area contributed by atoms with E-state index in [2.05, 4.69) is 15.3 Å². The summed E-state index contributed by atoms with van der Waals surface area (Å²) in [5, 5.41) is 22.4. The fourth-order valence-electron chi connectivity index (χ4n) is 3.30. The molecular formula is C22H17ClN4O9. The minimum atomic E-state index is -1.41. The van der Waals surface area contributed by atoms with Crippen molar-refractivity contribution < 1.29 is 38.6 Å². The highest BCUT2D eigenvalue weighted by atomic mass is 35.5. The van der Waals surface area contributed by atoms with E-state index in [0.29, 0.717) is 31.3 Å². The first-order chi connectivity index (χ1) is 17.4. The summed E-state index contributed by atoms with van der Waals surface area (Å²) in [7, 11) is 0. The minimum Gasteiger partial charge on any atom is -0.486 e. The maximum Gasteiger partial charge on any atom is 0.346 e. The van der Waals surface area contributed by atoms with Gasteiger partial charge in [0.2, 0.25) is 5.95 Å². The van der Waals surface area contributed by atoms with Crippen molar-refractivity contribution in [1.82, 2.24) is 9.97 Å². The molecule has 1 aromatic heterocycles. The number of rotatable bonds is 4. The second-order valence-electron chi connectivity index (χ2n) is 7.02. The molecule has 2 aliphatic heterocycles. The van der Waals surface area contributed by atoms with Gasteiger partial charge in [-0.3, -0.25) is 20.2 Å². The van der Waals surface area contributed by atoms with Crippen molar-refractivity contribution in [1.29, 1.82) is 0 Å². The molecule has 0 saturated heterocycles. The van der Waals surface area contributed by atoms with Gasteiger partial charge < -0.3 is 24.1 Å². The average molecular weight is 517 g/mol. The molecule has 5 rings (SSSR count). The number of fused-ring (bicyclic) bond motifs is 2. The number of carbonyl (C=O) groups is 2. The van der Waals surface area contributed by atoms with Gasteiger partial charge in [-0.15, -0.1) is 0 Å². The van der Waals surface area contributed by atoms with Gasteiger partial charge in [0.15, 0.2) is 28.6 Å². The van der Waals surface area contributed by atoms with Gasteiger partial charge in [-0.1, -0.05) is 11.6 Å². The Morgan fingerprint density at radius 2 is 1.47 bits per heavy atom. The molecule has 0 fully saturated rings. The van der Waals surface area contributed by atoms with E-state index in [1.54, 1.807) is 18.2 Å². The van der Waals surface area contributed by atoms with Gasteiger partial charge >= 0.3 is 5.97 Å². The average Bonchev–Trinajstić information content (AvgIpc) is 2.88. The monoisotopic (exact) mass is 516 g/mol. The predicted octanol–water partition coefficient (Wildman–Crippen LogP) is 3.22. The van der Waals surface area contributed by atoms with E-state index in [0.717, 1.165) is 6.07 Å². The molecule has 0 bridgehead atoms. The molecule has 36 heavy (non-hydrogen) atoms. The van der Waals surface area contributed by atoms with Gasteiger partial charge in [0.1, 0.15) is 32.0 Å². The van der Waals surface area contributed by atoms with Crippen molar-refractivity contribution in [2.24, 2.45) is 0 Å². The van der Waals surface area contributed by atoms with Crippen molar-refractivity contribution >= 4 is 35.1 Å². The van der Waals surface area contributed by atoms with Crippen LogP contribution in [0.5, 0.6) is 23.0 Å². The Morgan fingerprint density at radius 1 is 0.917 bits per heavy atom. The molecule has 0 atom stereocenters. The van der Waals surface area contributed by atoms with Gasteiger partial charge in [0.05, 0.1) is 9.95 Å². The fourth-order valence-corrected chi connectivity index (χ4v) is 3.53. The molecule has 186 valence electrons. The fraction of sp³-hybridized carbons (Fsp3) is 0.182. The molecule has 0 aliphatic carbocycles. The lowest BCUT2D eigenvalue weighted by Crippen LogP contribution is -2.21. The Morgan fingerprint density at radius 3 is 2.06 bits per heavy atom. The predicted molar refractivity (Wildman–Crippen MR) is 123 cm³/mol. The second-order valence-corrected chi connectivity index (χ2v) is 7.43. The van der Waals surface area contributed by atoms with Crippen LogP contribution in [-0.4, -0.2) is 58.3 Å². The van der Waals surface area contributed by atoms with Gasteiger partial charge in [0, 0.05) is 18.5 Å². The number of aromatic carboxylic acids is 1. The SMILES string of the molecule is O=C(Nc1ncccn1)c1c(Cl)ccc2c1OCCO2.O=C(O)c1c([N+](=O)[O-])ccc2c1OCCO2. The van der Waals surface area contributed by atoms with Gasteiger partial charge in [-0.05, 0) is 24.3 Å². The Balaban J connectivity index is 0.000000174. The first kappa shape index (κ1) is 24.5. The third kappa shape index (κ3) is 5.20. The highest BCUT2D eigenvalue weighted by Gasteiger charge is 2.30. The van der Waals surface area contributed by atoms with Gasteiger partial charge in [-0.2, -0.15) is 0 Å². The lowest BCUT2D eigenvalue weighted by Gasteiger charge is -2.21. The van der Waals surface area contributed by atoms with Crippen LogP contribution in [0.2, 0.25) is 5.02 Å². The van der Waals surface area contributed by atoms with E-state index < -0.39 is 28.1 Å². The number of carboxylic acids is 1. The molecule has 1 amide bonds. The lowest BCUT2D eigenvalue weighted by atomic mass is 10.1. The van der Waals surface area contributed by atoms with Crippen molar-refractivity contribution in [2.45, 2.75) is 0 Å². The van der Waals surface area contributed by atoms with Crippen molar-refractivity contribution in [3.8, 4) is 23.0 Å². The Hall–Kier alpha value is -4.65. The first-order valence-corrected chi connectivity index (χ1v) is 10.7. The van der Waals surface area contributed by atoms with Crippen LogP contribution in [0, 0.1) is 10.1 Å². The van der Waals surface area contributed by atoms with Gasteiger partial charge in [-0.25, -0.2) is 14.8 Å². The molecule has 3 heterocycles. The molecule has 0 saturated carbocycles. The number of hydrogen-bond donors (Lipinski definition) is 2. The van der Waals surface area contributed by atoms with Crippen LogP contribution in [-0.2, 0) is 0 Å². The van der Waals surface area contributed by atoms with E-state index in [4.69, 9.17) is 35.7 Å². The summed E-state index contributed by atoms with van der Waals surface area (Å²) in [6.45, 7) is 1.28. The van der Waals surface area contributed by atoms with E-state index in [1.807, 2.05) is 0 Å². The van der Waals surface area contributed by atoms with Crippen molar-refractivity contribution in [2.75, 3.05) is 31.7 Å². The summed E-state index contributed by atoms with van der Waals surface area (Å²) < 4.78 is 21.1. The van der Waals surface area contributed by atoms with Crippen LogP contribution in [0.3, 0.4) is 0 Å². The van der Waals surface area contributed by atoms with E-state index in [1.165, 1.54) is 18.5 Å². The number of benzene rings is 2. The number of aromatic nitrogens is 2. The van der Waals surface area contributed by atoms with E-state index in [9.17, 15) is 19.7 Å². The Bertz CT molecular complexity index is 1320. The van der Waals surface area contributed by atoms with Crippen LogP contribution in [0.1, 0.15) is 20.7 Å². The second kappa shape index (κ2) is 10.7. The topological polar surface area (TPSA) is 172 Å². The molecule has 0 radical (unpaired) electrons. The summed E-state index contributed by atoms with van der Waals surface area (Å²) >= 11 is 6.09. The van der Waals surface area contributed by atoms with Crippen molar-refractivity contribution in [3.63, 3.8) is 0 Å². The van der Waals surface area contributed by atoms with Crippen LogP contribution < -0.4 is 24.3 Å². The lowest BCUT2D eigenvalue weighted by molar-refractivity contribution is -0.385. The molecule has 2 aliphatic rings. The highest BCUT2D eigenvalue weighted by Crippen LogP contribution is 2.39. The number of halogens is 1. The molecular weight excluding hydrogens is 500 g/mol. The number of anilines is 1. The zero-order valence-corrected chi connectivity index (χ0v) is 19.1. The third-order valence-corrected chi connectivity index (χ3v) is 5.09. The maximum absolute atomic E-state index is 12.3. The molecule has 0 spiro atoms. The number of nitro groups is 1. The highest BCUT2D eigenvalue weighted by molar-refractivity contribution is 6.35. The molecule has 2 N–H and O–H groups in total. The Kier molecular flexibility index (Phi) is 7.30. The summed E-state index contributed by atoms with van der Waals surface area (Å²) in [5.74, 6) is -0.667. The largest absolute Gasteiger partial charge is 0.486 e. The third-order valence-electron chi connectivity index (χ3n) is 4.77. The molecule has 13 nitrogen and oxygen atoms in total. The van der Waals surface area contributed by atoms with Crippen LogP contribution >= 0.6 is 11.6 Å². The number of nitrogens with zero attached hydrogens (tertiary/aromatic N) is 3. The summed E-state index contributed by atoms with van der Waals surface area (Å²) in [6, 6.07) is 7.35. The summed E-state index contributed by atoms with van der Waals surface area (Å²) in [6.07, 6.45) is 3.06. The first-order valence-electron chi connectivity index (χ1n) is 10.3. The number of nitro benzene ring substituents is 1. The summed E-state index contributed by atoms with van der Waals surface area (Å²) in [5.41, 5.74) is -0.754. The number of ether oxygens (including phenoxy) is 4. The van der Waals surface area contributed by atoms with Gasteiger partial charge in [0.25, 0.3) is 11.6 Å². The van der Waals surface area contributed by atoms with Crippen LogP contribution in [0.15, 0.2) is 42.7 Å². The molecule has 2 aromatic carbocycles. The van der Waals surface area contributed by atoms with E-state index in [-0.39, 0.29) is 34.6 Å². The number of carboxylic acid groups (broad SMARTS) is 1. The molecule has 14 heteroatoms. The quantitative estimate of drug-likeness (QED) is 0.385. The van der Waals surface area contributed by atoms with E-state index >= 15 is 0 Å². The normalized spacial score (nSPS) is 13.0. The number of amides is 1. The molecule has 3 aromatic rings. The number of hydrogen-bond acceptors (Lipinski definition) is 10. The Labute approximate surface area is 207 Å². The maximum atomic E-state index is 12.3. The zero-order valence-electron chi connectivity index (χ0n) is 18.3. The van der Waals surface area contributed by atoms with Crippen LogP contribution in [0.4, 0.5) is 11.6 Å². The summed E-state index contributed by atoms with van der Waals surface area (Å²) in [4.78, 5) is 41.0. The zero-order chi connectivity index (χ0) is 25.7.